The molecule has 3 rings (SSSR count). The number of rotatable bonds is 0. The van der Waals surface area contributed by atoms with Crippen LogP contribution in [-0.2, 0) is 67.6 Å². The minimum absolute atomic E-state index is 0. The van der Waals surface area contributed by atoms with E-state index in [9.17, 15) is 0 Å². The minimum Gasteiger partial charge on any atom is -0.822 e. The average Bonchev–Trinajstić information content (AvgIpc) is 2.55. The summed E-state index contributed by atoms with van der Waals surface area (Å²) in [4.78, 5) is 82.7. The molecule has 0 fully saturated rings. The van der Waals surface area contributed by atoms with Crippen molar-refractivity contribution in [3.8, 4) is 0 Å². The predicted octanol–water partition coefficient (Wildman–Crippen LogP) is -9.80. The standard InChI is InChI=1S/3C3H6N6.2H3O4P.3Zn/c3*4-1-7-2(5)9-3(6)8-1;2*1-5(2,3)4;;;/h3*(H6,4,5,6,7,8,9);2*(H3,1,2,3,4);;;/q;;;;;3*+2/p-6. The van der Waals surface area contributed by atoms with Gasteiger partial charge in [0.1, 0.15) is 0 Å². The van der Waals surface area contributed by atoms with Gasteiger partial charge in [-0.1, -0.05) is 0 Å². The van der Waals surface area contributed by atoms with Gasteiger partial charge in [-0.05, 0) is 0 Å². The average molecular weight is 764 g/mol. The van der Waals surface area contributed by atoms with Gasteiger partial charge in [0.25, 0.3) is 0 Å². The molecule has 0 radical (unpaired) electrons. The third-order valence-electron chi connectivity index (χ3n) is 2.06. The molecule has 208 valence electrons. The molecule has 18 N–H and O–H groups in total. The Balaban J connectivity index is -0.000000128. The van der Waals surface area contributed by atoms with Gasteiger partial charge in [-0.15, -0.1) is 0 Å². The van der Waals surface area contributed by atoms with Gasteiger partial charge in [0, 0.05) is 0 Å². The Morgan fingerprint density at radius 1 is 0.325 bits per heavy atom. The quantitative estimate of drug-likeness (QED) is 0.0758. The molecule has 0 saturated heterocycles. The van der Waals surface area contributed by atoms with Gasteiger partial charge < -0.3 is 90.1 Å². The fourth-order valence-corrected chi connectivity index (χ4v) is 1.28. The summed E-state index contributed by atoms with van der Waals surface area (Å²) in [7, 11) is -10.8. The van der Waals surface area contributed by atoms with Gasteiger partial charge in [-0.3, -0.25) is 0 Å². The van der Waals surface area contributed by atoms with Crippen LogP contribution >= 0.6 is 15.6 Å². The molecule has 40 heavy (non-hydrogen) atoms. The second kappa shape index (κ2) is 22.1. The Morgan fingerprint density at radius 3 is 0.425 bits per heavy atom. The van der Waals surface area contributed by atoms with E-state index in [1.165, 1.54) is 0 Å². The SMILES string of the molecule is Nc1nc(N)nc(N)n1.Nc1nc(N)nc(N)n1.Nc1nc(N)nc(N)n1.O=P([O-])([O-])[O-].O=P([O-])([O-])[O-].[Zn+2].[Zn+2].[Zn+2]. The molecule has 0 aliphatic rings. The van der Waals surface area contributed by atoms with Crippen molar-refractivity contribution in [1.82, 2.24) is 44.9 Å². The van der Waals surface area contributed by atoms with Crippen molar-refractivity contribution in [2.24, 2.45) is 0 Å². The van der Waals surface area contributed by atoms with Crippen LogP contribution in [0.2, 0.25) is 0 Å². The summed E-state index contributed by atoms with van der Waals surface area (Å²) in [6.07, 6.45) is 0. The summed E-state index contributed by atoms with van der Waals surface area (Å²) in [5.41, 5.74) is 46.2. The van der Waals surface area contributed by atoms with E-state index in [2.05, 4.69) is 44.9 Å². The van der Waals surface area contributed by atoms with E-state index >= 15 is 0 Å². The Hall–Kier alpha value is -2.68. The zero-order valence-corrected chi connectivity index (χ0v) is 30.7. The maximum Gasteiger partial charge on any atom is 2.00 e. The summed E-state index contributed by atoms with van der Waals surface area (Å²) in [5.74, 6) is 0.375. The van der Waals surface area contributed by atoms with Crippen LogP contribution in [0.1, 0.15) is 0 Å². The van der Waals surface area contributed by atoms with Gasteiger partial charge in [-0.25, -0.2) is 0 Å². The normalized spacial score (nSPS) is 9.25. The first-order chi connectivity index (χ1) is 16.5. The number of nitrogen functional groups attached to an aromatic ring is 9. The van der Waals surface area contributed by atoms with Gasteiger partial charge in [-0.2, -0.15) is 60.5 Å². The summed E-state index contributed by atoms with van der Waals surface area (Å²) >= 11 is 0. The molecule has 0 atom stereocenters. The van der Waals surface area contributed by atoms with E-state index in [0.717, 1.165) is 0 Å². The Kier molecular flexibility index (Phi) is 26.0. The van der Waals surface area contributed by atoms with Crippen molar-refractivity contribution in [2.45, 2.75) is 0 Å². The van der Waals surface area contributed by atoms with Gasteiger partial charge in [0.05, 0.1) is 0 Å². The van der Waals surface area contributed by atoms with Crippen molar-refractivity contribution in [2.75, 3.05) is 51.6 Å². The van der Waals surface area contributed by atoms with Crippen LogP contribution in [0.25, 0.3) is 0 Å². The molecule has 0 aliphatic heterocycles. The second-order valence-electron chi connectivity index (χ2n) is 5.12. The zero-order chi connectivity index (χ0) is 29.6. The maximum atomic E-state index is 8.55. The van der Waals surface area contributed by atoms with Crippen LogP contribution in [0.15, 0.2) is 0 Å². The number of phosphoric acid groups is 2. The molecule has 0 unspecified atom stereocenters. The molecule has 0 amide bonds. The first-order valence-corrected chi connectivity index (χ1v) is 11.0. The maximum absolute atomic E-state index is 8.55. The third-order valence-corrected chi connectivity index (χ3v) is 2.06. The van der Waals surface area contributed by atoms with E-state index in [-0.39, 0.29) is 112 Å². The number of nitrogens with zero attached hydrogens (tertiary/aromatic N) is 9. The van der Waals surface area contributed by atoms with Crippen molar-refractivity contribution >= 4 is 69.2 Å². The number of aromatic nitrogens is 9. The molecule has 26 nitrogen and oxygen atoms in total. The van der Waals surface area contributed by atoms with Crippen LogP contribution in [0.4, 0.5) is 53.5 Å². The van der Waals surface area contributed by atoms with Crippen LogP contribution in [0, 0.1) is 0 Å². The van der Waals surface area contributed by atoms with E-state index in [1.807, 2.05) is 0 Å². The van der Waals surface area contributed by atoms with E-state index in [4.69, 9.17) is 90.1 Å². The topological polar surface area (TPSA) is 523 Å². The summed E-state index contributed by atoms with van der Waals surface area (Å²) in [6.45, 7) is 0. The van der Waals surface area contributed by atoms with Crippen LogP contribution < -0.4 is 81.0 Å². The first-order valence-electron chi connectivity index (χ1n) is 8.08. The smallest absolute Gasteiger partial charge is 0.822 e. The largest absolute Gasteiger partial charge is 2.00 e. The summed E-state index contributed by atoms with van der Waals surface area (Å²) in [6, 6.07) is 0. The van der Waals surface area contributed by atoms with Crippen molar-refractivity contribution < 1.29 is 96.9 Å². The molecule has 3 heterocycles. The molecule has 0 spiro atoms. The summed E-state index contributed by atoms with van der Waals surface area (Å²) < 4.78 is 17.1. The van der Waals surface area contributed by atoms with E-state index in [1.54, 1.807) is 0 Å². The third kappa shape index (κ3) is 37.5. The Morgan fingerprint density at radius 2 is 0.375 bits per heavy atom. The number of hydrogen-bond acceptors (Lipinski definition) is 26. The molecule has 0 saturated carbocycles. The molecule has 3 aromatic heterocycles. The minimum atomic E-state index is -5.39. The second-order valence-corrected chi connectivity index (χ2v) is 6.91. The fraction of sp³-hybridized carbons (Fsp3) is 0. The molecule has 0 bridgehead atoms. The van der Waals surface area contributed by atoms with Gasteiger partial charge in [0.2, 0.25) is 53.5 Å². The Bertz CT molecular complexity index is 932. The number of nitrogens with two attached hydrogens (primary N) is 9. The van der Waals surface area contributed by atoms with Crippen LogP contribution in [0.5, 0.6) is 0 Å². The molecule has 0 aliphatic carbocycles. The Labute approximate surface area is 261 Å². The molecule has 31 heteroatoms. The van der Waals surface area contributed by atoms with Gasteiger partial charge >= 0.3 is 58.4 Å². The first kappa shape index (κ1) is 47.1. The van der Waals surface area contributed by atoms with Crippen LogP contribution in [-0.4, -0.2) is 44.9 Å². The molecular formula is C9H18N18O8P2Zn3. The summed E-state index contributed by atoms with van der Waals surface area (Å²) in [5, 5.41) is 0. The fourth-order valence-electron chi connectivity index (χ4n) is 1.28. The van der Waals surface area contributed by atoms with Gasteiger partial charge in [0.15, 0.2) is 0 Å². The monoisotopic (exact) mass is 760 g/mol. The van der Waals surface area contributed by atoms with E-state index < -0.39 is 15.6 Å². The molecule has 0 aromatic carbocycles. The van der Waals surface area contributed by atoms with Crippen molar-refractivity contribution in [3.05, 3.63) is 0 Å². The number of hydrogen-bond donors (Lipinski definition) is 9. The zero-order valence-electron chi connectivity index (χ0n) is 20.0. The van der Waals surface area contributed by atoms with Crippen molar-refractivity contribution in [3.63, 3.8) is 0 Å². The van der Waals surface area contributed by atoms with E-state index in [0.29, 0.717) is 0 Å². The molecule has 3 aromatic rings. The predicted molar refractivity (Wildman–Crippen MR) is 114 cm³/mol. The molecular weight excluding hydrogens is 746 g/mol. The number of anilines is 9. The van der Waals surface area contributed by atoms with Crippen LogP contribution in [0.3, 0.4) is 0 Å². The van der Waals surface area contributed by atoms with Crippen molar-refractivity contribution in [1.29, 1.82) is 0 Å².